The lowest BCUT2D eigenvalue weighted by atomic mass is 9.77. The molecule has 0 amide bonds. The molecule has 0 spiro atoms. The van der Waals surface area contributed by atoms with Gasteiger partial charge in [-0.3, -0.25) is 0 Å². The maximum Gasteiger partial charge on any atom is 0.0603 e. The molecule has 0 N–H and O–H groups in total. The highest BCUT2D eigenvalue weighted by molar-refractivity contribution is 4.97. The summed E-state index contributed by atoms with van der Waals surface area (Å²) < 4.78 is 6.31. The van der Waals surface area contributed by atoms with Crippen LogP contribution in [0.4, 0.5) is 0 Å². The number of ether oxygens (including phenoxy) is 1. The van der Waals surface area contributed by atoms with Gasteiger partial charge >= 0.3 is 0 Å². The first-order valence-electron chi connectivity index (χ1n) is 11.2. The van der Waals surface area contributed by atoms with Crippen LogP contribution in [0.5, 0.6) is 0 Å². The van der Waals surface area contributed by atoms with Crippen LogP contribution < -0.4 is 0 Å². The summed E-state index contributed by atoms with van der Waals surface area (Å²) in [6.07, 6.45) is 24.3. The first-order valence-corrected chi connectivity index (χ1v) is 11.2. The van der Waals surface area contributed by atoms with E-state index in [1.165, 1.54) is 77.0 Å². The van der Waals surface area contributed by atoms with Gasteiger partial charge in [0.05, 0.1) is 12.7 Å². The summed E-state index contributed by atoms with van der Waals surface area (Å²) in [6.45, 7) is 7.26. The van der Waals surface area contributed by atoms with E-state index in [1.54, 1.807) is 0 Å². The molecule has 0 aromatic carbocycles. The summed E-state index contributed by atoms with van der Waals surface area (Å²) in [5.74, 6) is 4.12. The second-order valence-corrected chi connectivity index (χ2v) is 9.07. The summed E-state index contributed by atoms with van der Waals surface area (Å²) in [7, 11) is 0. The van der Waals surface area contributed by atoms with Crippen molar-refractivity contribution in [2.45, 2.75) is 90.1 Å². The lowest BCUT2D eigenvalue weighted by Gasteiger charge is -2.37. The Balaban J connectivity index is 1.35. The molecule has 0 aromatic heterocycles. The second kappa shape index (κ2) is 9.95. The summed E-state index contributed by atoms with van der Waals surface area (Å²) >= 11 is 0. The van der Waals surface area contributed by atoms with Crippen LogP contribution in [-0.4, -0.2) is 12.7 Å². The zero-order chi connectivity index (χ0) is 17.5. The van der Waals surface area contributed by atoms with Gasteiger partial charge in [0.1, 0.15) is 0 Å². The van der Waals surface area contributed by atoms with Crippen molar-refractivity contribution in [3.63, 3.8) is 0 Å². The smallest absolute Gasteiger partial charge is 0.0603 e. The molecule has 1 saturated heterocycles. The zero-order valence-electron chi connectivity index (χ0n) is 16.5. The molecule has 3 aliphatic rings. The van der Waals surface area contributed by atoms with E-state index >= 15 is 0 Å². The van der Waals surface area contributed by atoms with Gasteiger partial charge < -0.3 is 4.74 Å². The Hall–Kier alpha value is -0.560. The Kier molecular flexibility index (Phi) is 7.65. The molecule has 1 nitrogen and oxygen atoms in total. The highest BCUT2D eigenvalue weighted by Crippen LogP contribution is 2.37. The predicted octanol–water partition coefficient (Wildman–Crippen LogP) is 6.94. The molecule has 25 heavy (non-hydrogen) atoms. The van der Waals surface area contributed by atoms with Crippen LogP contribution in [0, 0.1) is 29.6 Å². The van der Waals surface area contributed by atoms with Crippen molar-refractivity contribution < 1.29 is 4.74 Å². The average Bonchev–Trinajstić information content (AvgIpc) is 2.68. The zero-order valence-corrected chi connectivity index (χ0v) is 16.5. The predicted molar refractivity (Wildman–Crippen MR) is 108 cm³/mol. The molecule has 3 fully saturated rings. The van der Waals surface area contributed by atoms with Gasteiger partial charge in [0, 0.05) is 5.92 Å². The topological polar surface area (TPSA) is 9.23 Å². The first kappa shape index (κ1) is 19.2. The molecule has 1 aliphatic heterocycles. The molecule has 1 heterocycles. The maximum atomic E-state index is 6.31. The van der Waals surface area contributed by atoms with Crippen molar-refractivity contribution in [1.82, 2.24) is 0 Å². The van der Waals surface area contributed by atoms with Crippen molar-refractivity contribution in [2.75, 3.05) is 6.61 Å². The summed E-state index contributed by atoms with van der Waals surface area (Å²) in [5, 5.41) is 0. The minimum atomic E-state index is 0.542. The fourth-order valence-electron chi connectivity index (χ4n) is 5.46. The van der Waals surface area contributed by atoms with Crippen molar-refractivity contribution in [3.05, 3.63) is 24.8 Å². The lowest BCUT2D eigenvalue weighted by molar-refractivity contribution is -0.0479. The first-order chi connectivity index (χ1) is 12.3. The third-order valence-electron chi connectivity index (χ3n) is 7.27. The van der Waals surface area contributed by atoms with Gasteiger partial charge in [-0.1, -0.05) is 38.0 Å². The van der Waals surface area contributed by atoms with Crippen LogP contribution >= 0.6 is 0 Å². The van der Waals surface area contributed by atoms with Gasteiger partial charge in [0.25, 0.3) is 0 Å². The van der Waals surface area contributed by atoms with Crippen molar-refractivity contribution in [3.8, 4) is 0 Å². The molecule has 2 atom stereocenters. The number of hydrogen-bond acceptors (Lipinski definition) is 1. The van der Waals surface area contributed by atoms with Gasteiger partial charge in [-0.15, -0.1) is 6.58 Å². The highest BCUT2D eigenvalue weighted by Gasteiger charge is 2.30. The van der Waals surface area contributed by atoms with Gasteiger partial charge in [0.2, 0.25) is 0 Å². The fraction of sp³-hybridized carbons (Fsp3) is 0.833. The van der Waals surface area contributed by atoms with Gasteiger partial charge in [-0.25, -0.2) is 0 Å². The molecule has 0 aromatic rings. The van der Waals surface area contributed by atoms with Crippen LogP contribution in [0.15, 0.2) is 24.8 Å². The van der Waals surface area contributed by atoms with Crippen molar-refractivity contribution in [2.24, 2.45) is 29.6 Å². The van der Waals surface area contributed by atoms with Gasteiger partial charge in [0.15, 0.2) is 0 Å². The quantitative estimate of drug-likeness (QED) is 0.474. The molecule has 2 aliphatic carbocycles. The van der Waals surface area contributed by atoms with E-state index in [2.05, 4.69) is 31.7 Å². The van der Waals surface area contributed by atoms with Crippen molar-refractivity contribution in [1.29, 1.82) is 0 Å². The third-order valence-corrected chi connectivity index (χ3v) is 7.27. The van der Waals surface area contributed by atoms with Crippen LogP contribution in [0.25, 0.3) is 0 Å². The number of allylic oxidation sites excluding steroid dienone is 2. The Bertz CT molecular complexity index is 402. The van der Waals surface area contributed by atoms with E-state index in [4.69, 9.17) is 4.74 Å². The van der Waals surface area contributed by atoms with Crippen LogP contribution in [-0.2, 0) is 4.74 Å². The van der Waals surface area contributed by atoms with E-state index in [0.717, 1.165) is 30.3 Å². The molecule has 3 rings (SSSR count). The molecule has 1 heteroatoms. The standard InChI is InChI=1S/C24H40O/c1-3-5-20-6-8-21(9-7-20)10-11-22-14-17-24(25-18-22)23-15-12-19(4-2)13-16-23/h4,10-11,19-24H,2-3,5-9,12-18H2,1H3. The van der Waals surface area contributed by atoms with E-state index in [-0.39, 0.29) is 0 Å². The Morgan fingerprint density at radius 3 is 2.04 bits per heavy atom. The third kappa shape index (κ3) is 5.71. The monoisotopic (exact) mass is 344 g/mol. The van der Waals surface area contributed by atoms with Crippen LogP contribution in [0.2, 0.25) is 0 Å². The highest BCUT2D eigenvalue weighted by atomic mass is 16.5. The van der Waals surface area contributed by atoms with E-state index in [9.17, 15) is 0 Å². The number of rotatable bonds is 6. The van der Waals surface area contributed by atoms with E-state index in [1.807, 2.05) is 0 Å². The van der Waals surface area contributed by atoms with E-state index < -0.39 is 0 Å². The number of hydrogen-bond donors (Lipinski definition) is 0. The summed E-state index contributed by atoms with van der Waals surface area (Å²) in [4.78, 5) is 0. The maximum absolute atomic E-state index is 6.31. The summed E-state index contributed by atoms with van der Waals surface area (Å²) in [6, 6.07) is 0. The van der Waals surface area contributed by atoms with Crippen LogP contribution in [0.3, 0.4) is 0 Å². The average molecular weight is 345 g/mol. The molecule has 2 saturated carbocycles. The molecular weight excluding hydrogens is 304 g/mol. The Labute approximate surface area is 156 Å². The van der Waals surface area contributed by atoms with Gasteiger partial charge in [-0.05, 0) is 87.9 Å². The molecule has 2 unspecified atom stereocenters. The minimum Gasteiger partial charge on any atom is -0.377 e. The van der Waals surface area contributed by atoms with E-state index in [0.29, 0.717) is 12.0 Å². The fourth-order valence-corrected chi connectivity index (χ4v) is 5.46. The normalized spacial score (nSPS) is 40.2. The molecular formula is C24H40O. The van der Waals surface area contributed by atoms with Crippen molar-refractivity contribution >= 4 is 0 Å². The van der Waals surface area contributed by atoms with Crippen LogP contribution in [0.1, 0.15) is 84.0 Å². The molecule has 0 radical (unpaired) electrons. The lowest BCUT2D eigenvalue weighted by Crippen LogP contribution is -2.33. The second-order valence-electron chi connectivity index (χ2n) is 9.07. The molecule has 142 valence electrons. The largest absolute Gasteiger partial charge is 0.377 e. The Morgan fingerprint density at radius 1 is 0.800 bits per heavy atom. The summed E-state index contributed by atoms with van der Waals surface area (Å²) in [5.41, 5.74) is 0. The van der Waals surface area contributed by atoms with Gasteiger partial charge in [-0.2, -0.15) is 0 Å². The minimum absolute atomic E-state index is 0.542. The molecule has 0 bridgehead atoms. The Morgan fingerprint density at radius 2 is 1.44 bits per heavy atom. The SMILES string of the molecule is C=CC1CCC(C2CCC(C=CC3CCC(CCC)CC3)CO2)CC1.